The molecule has 0 aliphatic heterocycles. The summed E-state index contributed by atoms with van der Waals surface area (Å²) in [5.41, 5.74) is 0.857. The van der Waals surface area contributed by atoms with Crippen LogP contribution in [0.1, 0.15) is 24.3 Å². The van der Waals surface area contributed by atoms with Gasteiger partial charge in [-0.25, -0.2) is 17.6 Å². The van der Waals surface area contributed by atoms with Crippen molar-refractivity contribution in [2.75, 3.05) is 5.32 Å². The molecule has 110 valence electrons. The maximum atomic E-state index is 13.5. The third-order valence-electron chi connectivity index (χ3n) is 3.83. The minimum absolute atomic E-state index is 0.0456. The van der Waals surface area contributed by atoms with Gasteiger partial charge >= 0.3 is 0 Å². The Kier molecular flexibility index (Phi) is 3.57. The lowest BCUT2D eigenvalue weighted by molar-refractivity contribution is 0.371. The molecule has 1 N–H and O–H groups in total. The monoisotopic (exact) mass is 295 g/mol. The highest BCUT2D eigenvalue weighted by atomic mass is 19.2. The first-order valence-corrected chi connectivity index (χ1v) is 6.69. The van der Waals surface area contributed by atoms with Crippen LogP contribution in [-0.2, 0) is 0 Å². The number of halogens is 4. The Morgan fingerprint density at radius 3 is 2.19 bits per heavy atom. The molecular weight excluding hydrogens is 282 g/mol. The Bertz CT molecular complexity index is 648. The van der Waals surface area contributed by atoms with Gasteiger partial charge in [-0.05, 0) is 36.5 Å². The molecule has 2 aromatic rings. The van der Waals surface area contributed by atoms with Crippen LogP contribution in [0, 0.1) is 23.3 Å². The third kappa shape index (κ3) is 2.86. The number of benzene rings is 2. The standard InChI is InChI=1S/C16H13F4N/c17-11-3-1-9(2-4-11)10-5-13(6-10)21-15-8-12(18)7-14(19)16(15)20/h1-4,7-8,10,13,21H,5-6H2. The minimum Gasteiger partial charge on any atom is -0.380 e. The lowest BCUT2D eigenvalue weighted by Gasteiger charge is -2.37. The summed E-state index contributed by atoms with van der Waals surface area (Å²) in [5, 5.41) is 2.81. The van der Waals surface area contributed by atoms with Gasteiger partial charge in [0, 0.05) is 18.2 Å². The summed E-state index contributed by atoms with van der Waals surface area (Å²) in [7, 11) is 0. The van der Waals surface area contributed by atoms with E-state index in [1.54, 1.807) is 12.1 Å². The molecule has 21 heavy (non-hydrogen) atoms. The number of hydrogen-bond acceptors (Lipinski definition) is 1. The summed E-state index contributed by atoms with van der Waals surface area (Å²) in [6.07, 6.45) is 1.42. The number of hydrogen-bond donors (Lipinski definition) is 1. The first-order valence-electron chi connectivity index (χ1n) is 6.69. The zero-order valence-corrected chi connectivity index (χ0v) is 11.0. The van der Waals surface area contributed by atoms with Crippen LogP contribution in [0.3, 0.4) is 0 Å². The fourth-order valence-electron chi connectivity index (χ4n) is 2.62. The zero-order valence-electron chi connectivity index (χ0n) is 11.0. The van der Waals surface area contributed by atoms with Crippen LogP contribution in [-0.4, -0.2) is 6.04 Å². The van der Waals surface area contributed by atoms with Gasteiger partial charge in [-0.2, -0.15) is 0 Å². The van der Waals surface area contributed by atoms with E-state index in [9.17, 15) is 17.6 Å². The molecule has 2 aromatic carbocycles. The van der Waals surface area contributed by atoms with E-state index in [2.05, 4.69) is 5.32 Å². The van der Waals surface area contributed by atoms with Crippen LogP contribution in [0.5, 0.6) is 0 Å². The molecule has 0 aromatic heterocycles. The Hall–Kier alpha value is -2.04. The molecule has 0 amide bonds. The van der Waals surface area contributed by atoms with Crippen LogP contribution >= 0.6 is 0 Å². The van der Waals surface area contributed by atoms with E-state index < -0.39 is 17.5 Å². The largest absolute Gasteiger partial charge is 0.380 e. The molecule has 1 fully saturated rings. The molecule has 0 spiro atoms. The van der Waals surface area contributed by atoms with Gasteiger partial charge in [0.25, 0.3) is 0 Å². The summed E-state index contributed by atoms with van der Waals surface area (Å²) < 4.78 is 52.5. The first-order chi connectivity index (χ1) is 10.0. The highest BCUT2D eigenvalue weighted by Crippen LogP contribution is 2.39. The Morgan fingerprint density at radius 2 is 1.52 bits per heavy atom. The van der Waals surface area contributed by atoms with Gasteiger partial charge in [0.15, 0.2) is 11.6 Å². The van der Waals surface area contributed by atoms with Crippen LogP contribution in [0.4, 0.5) is 23.2 Å². The second kappa shape index (κ2) is 5.39. The van der Waals surface area contributed by atoms with E-state index in [1.807, 2.05) is 0 Å². The van der Waals surface area contributed by atoms with Gasteiger partial charge in [-0.1, -0.05) is 12.1 Å². The molecular formula is C16H13F4N. The van der Waals surface area contributed by atoms with Crippen LogP contribution in [0.2, 0.25) is 0 Å². The predicted molar refractivity (Wildman–Crippen MR) is 72.1 cm³/mol. The van der Waals surface area contributed by atoms with Crippen LogP contribution < -0.4 is 5.32 Å². The molecule has 1 aliphatic rings. The van der Waals surface area contributed by atoms with Gasteiger partial charge in [0.2, 0.25) is 0 Å². The smallest absolute Gasteiger partial charge is 0.182 e. The first kappa shape index (κ1) is 13.9. The number of anilines is 1. The van der Waals surface area contributed by atoms with Gasteiger partial charge in [-0.15, -0.1) is 0 Å². The molecule has 0 bridgehead atoms. The van der Waals surface area contributed by atoms with E-state index in [1.165, 1.54) is 12.1 Å². The minimum atomic E-state index is -1.20. The number of nitrogens with one attached hydrogen (secondary N) is 1. The van der Waals surface area contributed by atoms with E-state index in [0.29, 0.717) is 18.9 Å². The topological polar surface area (TPSA) is 12.0 Å². The SMILES string of the molecule is Fc1ccc(C2CC(Nc3cc(F)cc(F)c3F)C2)cc1. The van der Waals surface area contributed by atoms with Gasteiger partial charge in [0.1, 0.15) is 11.6 Å². The molecule has 3 rings (SSSR count). The Balaban J connectivity index is 1.64. The van der Waals surface area contributed by atoms with Crippen molar-refractivity contribution < 1.29 is 17.6 Å². The summed E-state index contributed by atoms with van der Waals surface area (Å²) in [6, 6.07) is 7.66. The molecule has 1 aliphatic carbocycles. The van der Waals surface area contributed by atoms with E-state index in [-0.39, 0.29) is 23.5 Å². The molecule has 1 saturated carbocycles. The molecule has 5 heteroatoms. The molecule has 1 nitrogen and oxygen atoms in total. The zero-order chi connectivity index (χ0) is 15.0. The molecule has 0 atom stereocenters. The number of rotatable bonds is 3. The normalized spacial score (nSPS) is 21.0. The summed E-state index contributed by atoms with van der Waals surface area (Å²) in [5.74, 6) is -3.12. The lowest BCUT2D eigenvalue weighted by Crippen LogP contribution is -2.34. The van der Waals surface area contributed by atoms with E-state index in [4.69, 9.17) is 0 Å². The van der Waals surface area contributed by atoms with Crippen molar-refractivity contribution in [2.24, 2.45) is 0 Å². The van der Waals surface area contributed by atoms with Crippen molar-refractivity contribution in [1.29, 1.82) is 0 Å². The summed E-state index contributed by atoms with van der Waals surface area (Å²) >= 11 is 0. The predicted octanol–water partition coefficient (Wildman–Crippen LogP) is 4.60. The van der Waals surface area contributed by atoms with Crippen molar-refractivity contribution in [3.63, 3.8) is 0 Å². The molecule has 0 heterocycles. The highest BCUT2D eigenvalue weighted by Gasteiger charge is 2.31. The van der Waals surface area contributed by atoms with Gasteiger partial charge < -0.3 is 5.32 Å². The second-order valence-electron chi connectivity index (χ2n) is 5.31. The fraction of sp³-hybridized carbons (Fsp3) is 0.250. The average Bonchev–Trinajstić information content (AvgIpc) is 2.40. The van der Waals surface area contributed by atoms with Gasteiger partial charge in [-0.3, -0.25) is 0 Å². The van der Waals surface area contributed by atoms with Crippen molar-refractivity contribution in [3.05, 3.63) is 65.2 Å². The van der Waals surface area contributed by atoms with E-state index in [0.717, 1.165) is 11.6 Å². The molecule has 0 unspecified atom stereocenters. The van der Waals surface area contributed by atoms with Crippen molar-refractivity contribution in [2.45, 2.75) is 24.8 Å². The van der Waals surface area contributed by atoms with E-state index >= 15 is 0 Å². The lowest BCUT2D eigenvalue weighted by atomic mass is 9.76. The summed E-state index contributed by atoms with van der Waals surface area (Å²) in [6.45, 7) is 0. The van der Waals surface area contributed by atoms with Crippen LogP contribution in [0.25, 0.3) is 0 Å². The quantitative estimate of drug-likeness (QED) is 0.644. The van der Waals surface area contributed by atoms with Crippen molar-refractivity contribution in [3.8, 4) is 0 Å². The van der Waals surface area contributed by atoms with Crippen molar-refractivity contribution in [1.82, 2.24) is 0 Å². The molecule has 0 saturated heterocycles. The Morgan fingerprint density at radius 1 is 0.857 bits per heavy atom. The average molecular weight is 295 g/mol. The van der Waals surface area contributed by atoms with Crippen molar-refractivity contribution >= 4 is 5.69 Å². The highest BCUT2D eigenvalue weighted by molar-refractivity contribution is 5.47. The Labute approximate surface area is 119 Å². The third-order valence-corrected chi connectivity index (χ3v) is 3.83. The maximum absolute atomic E-state index is 13.5. The second-order valence-corrected chi connectivity index (χ2v) is 5.31. The maximum Gasteiger partial charge on any atom is 0.182 e. The molecule has 0 radical (unpaired) electrons. The van der Waals surface area contributed by atoms with Crippen LogP contribution in [0.15, 0.2) is 36.4 Å². The fourth-order valence-corrected chi connectivity index (χ4v) is 2.62. The summed E-state index contributed by atoms with van der Waals surface area (Å²) in [4.78, 5) is 0. The van der Waals surface area contributed by atoms with Gasteiger partial charge in [0.05, 0.1) is 5.69 Å².